The van der Waals surface area contributed by atoms with E-state index in [2.05, 4.69) is 19.9 Å². The molecule has 0 atom stereocenters. The van der Waals surface area contributed by atoms with Crippen molar-refractivity contribution in [2.24, 2.45) is 0 Å². The van der Waals surface area contributed by atoms with Gasteiger partial charge in [0.1, 0.15) is 5.60 Å². The summed E-state index contributed by atoms with van der Waals surface area (Å²) in [6.07, 6.45) is 8.41. The molecular weight excluding hydrogens is 330 g/mol. The van der Waals surface area contributed by atoms with E-state index in [0.29, 0.717) is 19.0 Å². The van der Waals surface area contributed by atoms with Crippen molar-refractivity contribution >= 4 is 17.7 Å². The minimum atomic E-state index is -0.479. The molecule has 7 heteroatoms. The van der Waals surface area contributed by atoms with Gasteiger partial charge >= 0.3 is 6.09 Å². The van der Waals surface area contributed by atoms with Crippen LogP contribution < -0.4 is 4.90 Å². The Bertz CT molecular complexity index is 670. The minimum absolute atomic E-state index is 0.195. The Hall–Kier alpha value is -2.70. The SMILES string of the molecule is CC(C)(C)OC(=O)N1CCC(N(c2cccnc2)c2ncccn2)CC1. The van der Waals surface area contributed by atoms with Gasteiger partial charge in [-0.2, -0.15) is 0 Å². The van der Waals surface area contributed by atoms with Crippen LogP contribution in [0.5, 0.6) is 0 Å². The van der Waals surface area contributed by atoms with E-state index in [1.807, 2.05) is 39.1 Å². The summed E-state index contributed by atoms with van der Waals surface area (Å²) in [4.78, 5) is 29.2. The number of carbonyl (C=O) groups excluding carboxylic acids is 1. The molecule has 138 valence electrons. The molecule has 0 bridgehead atoms. The molecule has 0 saturated carbocycles. The molecule has 3 heterocycles. The lowest BCUT2D eigenvalue weighted by Gasteiger charge is -2.38. The van der Waals surface area contributed by atoms with Crippen LogP contribution in [-0.2, 0) is 4.74 Å². The number of hydrogen-bond acceptors (Lipinski definition) is 6. The first-order valence-corrected chi connectivity index (χ1v) is 8.88. The third kappa shape index (κ3) is 4.47. The summed E-state index contributed by atoms with van der Waals surface area (Å²) in [5, 5.41) is 0. The van der Waals surface area contributed by atoms with E-state index in [1.54, 1.807) is 29.6 Å². The van der Waals surface area contributed by atoms with Gasteiger partial charge in [0.2, 0.25) is 5.95 Å². The van der Waals surface area contributed by atoms with E-state index in [-0.39, 0.29) is 12.1 Å². The molecule has 26 heavy (non-hydrogen) atoms. The quantitative estimate of drug-likeness (QED) is 0.840. The number of nitrogens with zero attached hydrogens (tertiary/aromatic N) is 5. The Morgan fingerprint density at radius 3 is 2.42 bits per heavy atom. The molecule has 1 aliphatic heterocycles. The molecule has 2 aromatic heterocycles. The maximum Gasteiger partial charge on any atom is 0.410 e. The van der Waals surface area contributed by atoms with Crippen LogP contribution in [0.1, 0.15) is 33.6 Å². The van der Waals surface area contributed by atoms with Gasteiger partial charge in [-0.15, -0.1) is 0 Å². The van der Waals surface area contributed by atoms with Crippen LogP contribution in [0.25, 0.3) is 0 Å². The van der Waals surface area contributed by atoms with Gasteiger partial charge in [-0.3, -0.25) is 4.98 Å². The third-order valence-corrected chi connectivity index (χ3v) is 4.17. The van der Waals surface area contributed by atoms with Gasteiger partial charge in [0.05, 0.1) is 11.9 Å². The van der Waals surface area contributed by atoms with Crippen LogP contribution in [0.4, 0.5) is 16.4 Å². The summed E-state index contributed by atoms with van der Waals surface area (Å²) < 4.78 is 5.48. The molecular formula is C19H25N5O2. The summed E-state index contributed by atoms with van der Waals surface area (Å²) >= 11 is 0. The highest BCUT2D eigenvalue weighted by Gasteiger charge is 2.31. The molecule has 1 saturated heterocycles. The zero-order valence-corrected chi connectivity index (χ0v) is 15.5. The van der Waals surface area contributed by atoms with Gasteiger partial charge in [0.25, 0.3) is 0 Å². The van der Waals surface area contributed by atoms with Crippen molar-refractivity contribution in [2.75, 3.05) is 18.0 Å². The molecule has 0 unspecified atom stereocenters. The van der Waals surface area contributed by atoms with Crippen molar-refractivity contribution < 1.29 is 9.53 Å². The zero-order chi connectivity index (χ0) is 18.6. The zero-order valence-electron chi connectivity index (χ0n) is 15.5. The molecule has 2 aromatic rings. The van der Waals surface area contributed by atoms with Crippen LogP contribution in [0, 0.1) is 0 Å². The van der Waals surface area contributed by atoms with Crippen LogP contribution in [0.2, 0.25) is 0 Å². The molecule has 1 amide bonds. The van der Waals surface area contributed by atoms with Crippen LogP contribution in [0.3, 0.4) is 0 Å². The average Bonchev–Trinajstić information content (AvgIpc) is 2.63. The van der Waals surface area contributed by atoms with Crippen LogP contribution in [-0.4, -0.2) is 50.7 Å². The second-order valence-electron chi connectivity index (χ2n) is 7.33. The minimum Gasteiger partial charge on any atom is -0.444 e. The number of rotatable bonds is 3. The van der Waals surface area contributed by atoms with Crippen molar-refractivity contribution in [3.63, 3.8) is 0 Å². The fraction of sp³-hybridized carbons (Fsp3) is 0.474. The summed E-state index contributed by atoms with van der Waals surface area (Å²) in [5.41, 5.74) is 0.475. The van der Waals surface area contributed by atoms with Gasteiger partial charge in [0, 0.05) is 37.7 Å². The highest BCUT2D eigenvalue weighted by molar-refractivity contribution is 5.68. The largest absolute Gasteiger partial charge is 0.444 e. The topological polar surface area (TPSA) is 71.5 Å². The third-order valence-electron chi connectivity index (χ3n) is 4.17. The highest BCUT2D eigenvalue weighted by atomic mass is 16.6. The Labute approximate surface area is 154 Å². The van der Waals surface area contributed by atoms with Crippen LogP contribution >= 0.6 is 0 Å². The predicted molar refractivity (Wildman–Crippen MR) is 99.2 cm³/mol. The summed E-state index contributed by atoms with van der Waals surface area (Å²) in [6, 6.07) is 5.90. The molecule has 1 aliphatic rings. The lowest BCUT2D eigenvalue weighted by molar-refractivity contribution is 0.0206. The second-order valence-corrected chi connectivity index (χ2v) is 7.33. The monoisotopic (exact) mass is 355 g/mol. The maximum atomic E-state index is 12.3. The number of pyridine rings is 1. The molecule has 0 radical (unpaired) electrons. The first kappa shape index (κ1) is 18.1. The van der Waals surface area contributed by atoms with Gasteiger partial charge in [-0.25, -0.2) is 14.8 Å². The molecule has 0 spiro atoms. The van der Waals surface area contributed by atoms with E-state index in [4.69, 9.17) is 4.74 Å². The summed E-state index contributed by atoms with van der Waals surface area (Å²) in [5.74, 6) is 0.649. The van der Waals surface area contributed by atoms with E-state index in [1.165, 1.54) is 0 Å². The van der Waals surface area contributed by atoms with Crippen molar-refractivity contribution in [1.82, 2.24) is 19.9 Å². The summed E-state index contributed by atoms with van der Waals surface area (Å²) in [6.45, 7) is 6.93. The fourth-order valence-electron chi connectivity index (χ4n) is 3.03. The molecule has 0 N–H and O–H groups in total. The fourth-order valence-corrected chi connectivity index (χ4v) is 3.03. The number of amides is 1. The smallest absolute Gasteiger partial charge is 0.410 e. The number of hydrogen-bond donors (Lipinski definition) is 0. The number of piperidine rings is 1. The van der Waals surface area contributed by atoms with Gasteiger partial charge < -0.3 is 14.5 Å². The van der Waals surface area contributed by atoms with Crippen molar-refractivity contribution in [2.45, 2.75) is 45.3 Å². The Kier molecular flexibility index (Phi) is 5.35. The van der Waals surface area contributed by atoms with E-state index >= 15 is 0 Å². The Morgan fingerprint density at radius 1 is 1.15 bits per heavy atom. The van der Waals surface area contributed by atoms with Crippen molar-refractivity contribution in [3.05, 3.63) is 43.0 Å². The summed E-state index contributed by atoms with van der Waals surface area (Å²) in [7, 11) is 0. The Morgan fingerprint density at radius 2 is 1.85 bits per heavy atom. The molecule has 1 fully saturated rings. The first-order valence-electron chi connectivity index (χ1n) is 8.88. The number of carbonyl (C=O) groups is 1. The predicted octanol–water partition coefficient (Wildman–Crippen LogP) is 3.41. The standard InChI is InChI=1S/C19H25N5O2/c1-19(2,3)26-18(25)23-12-7-15(8-13-23)24(16-6-4-9-20-14-16)17-21-10-5-11-22-17/h4-6,9-11,14-15H,7-8,12-13H2,1-3H3. The van der Waals surface area contributed by atoms with Crippen molar-refractivity contribution in [1.29, 1.82) is 0 Å². The van der Waals surface area contributed by atoms with Crippen molar-refractivity contribution in [3.8, 4) is 0 Å². The average molecular weight is 355 g/mol. The van der Waals surface area contributed by atoms with E-state index in [9.17, 15) is 4.79 Å². The molecule has 7 nitrogen and oxygen atoms in total. The number of aromatic nitrogens is 3. The van der Waals surface area contributed by atoms with E-state index < -0.39 is 5.60 Å². The Balaban J connectivity index is 1.73. The number of likely N-dealkylation sites (tertiary alicyclic amines) is 1. The number of anilines is 2. The van der Waals surface area contributed by atoms with Crippen LogP contribution in [0.15, 0.2) is 43.0 Å². The molecule has 3 rings (SSSR count). The lowest BCUT2D eigenvalue weighted by Crippen LogP contribution is -2.47. The first-order chi connectivity index (χ1) is 12.4. The maximum absolute atomic E-state index is 12.3. The molecule has 0 aliphatic carbocycles. The van der Waals surface area contributed by atoms with Gasteiger partial charge in [-0.05, 0) is 51.8 Å². The van der Waals surface area contributed by atoms with Gasteiger partial charge in [0.15, 0.2) is 0 Å². The lowest BCUT2D eigenvalue weighted by atomic mass is 10.0. The molecule has 0 aromatic carbocycles. The second kappa shape index (κ2) is 7.68. The van der Waals surface area contributed by atoms with E-state index in [0.717, 1.165) is 18.5 Å². The van der Waals surface area contributed by atoms with Gasteiger partial charge in [-0.1, -0.05) is 0 Å². The highest BCUT2D eigenvalue weighted by Crippen LogP contribution is 2.29. The normalized spacial score (nSPS) is 15.6. The number of ether oxygens (including phenoxy) is 1.